The van der Waals surface area contributed by atoms with Gasteiger partial charge in [-0.25, -0.2) is 4.98 Å². The Morgan fingerprint density at radius 3 is 2.76 bits per heavy atom. The lowest BCUT2D eigenvalue weighted by atomic mass is 10.1. The van der Waals surface area contributed by atoms with Crippen molar-refractivity contribution in [1.82, 2.24) is 10.3 Å². The van der Waals surface area contributed by atoms with Crippen LogP contribution in [0, 0.1) is 0 Å². The van der Waals surface area contributed by atoms with Gasteiger partial charge in [0, 0.05) is 44.2 Å². The number of nitrogens with one attached hydrogen (secondary N) is 1. The van der Waals surface area contributed by atoms with Crippen LogP contribution in [0.4, 0.5) is 0 Å². The highest BCUT2D eigenvalue weighted by Crippen LogP contribution is 2.22. The van der Waals surface area contributed by atoms with Crippen LogP contribution in [-0.4, -0.2) is 31.3 Å². The second-order valence-corrected chi connectivity index (χ2v) is 5.37. The van der Waals surface area contributed by atoms with Gasteiger partial charge in [0.15, 0.2) is 0 Å². The highest BCUT2D eigenvalue weighted by atomic mass is 16.5. The fourth-order valence-corrected chi connectivity index (χ4v) is 2.13. The maximum atomic E-state index is 5.74. The third kappa shape index (κ3) is 4.69. The predicted octanol–water partition coefficient (Wildman–Crippen LogP) is 3.15. The molecule has 0 amide bonds. The summed E-state index contributed by atoms with van der Waals surface area (Å²) in [5.74, 6) is 0.686. The van der Waals surface area contributed by atoms with Gasteiger partial charge in [-0.3, -0.25) is 0 Å². The summed E-state index contributed by atoms with van der Waals surface area (Å²) in [6.45, 7) is 6.43. The van der Waals surface area contributed by atoms with Crippen LogP contribution in [0.1, 0.15) is 25.8 Å². The fourth-order valence-electron chi connectivity index (χ4n) is 2.13. The smallest absolute Gasteiger partial charge is 0.214 e. The minimum atomic E-state index is 0.447. The molecule has 0 unspecified atom stereocenters. The normalized spacial score (nSPS) is 11.2. The molecule has 1 aromatic heterocycles. The molecule has 0 radical (unpaired) electrons. The Hall–Kier alpha value is -1.65. The average Bonchev–Trinajstić information content (AvgIpc) is 2.49. The highest BCUT2D eigenvalue weighted by molar-refractivity contribution is 5.82. The number of nitrogens with zero attached hydrogens (tertiary/aromatic N) is 1. The molecule has 0 aliphatic rings. The van der Waals surface area contributed by atoms with Crippen molar-refractivity contribution >= 4 is 10.9 Å². The van der Waals surface area contributed by atoms with Gasteiger partial charge in [-0.05, 0) is 11.6 Å². The van der Waals surface area contributed by atoms with E-state index in [1.165, 1.54) is 10.9 Å². The van der Waals surface area contributed by atoms with Gasteiger partial charge in [0.05, 0.1) is 12.1 Å². The number of fused-ring (bicyclic) bond motifs is 1. The Balaban J connectivity index is 2.18. The van der Waals surface area contributed by atoms with Crippen LogP contribution < -0.4 is 10.1 Å². The van der Waals surface area contributed by atoms with Crippen LogP contribution in [0.15, 0.2) is 30.3 Å². The number of para-hydroxylation sites is 1. The molecule has 1 heterocycles. The van der Waals surface area contributed by atoms with E-state index in [-0.39, 0.29) is 0 Å². The number of hydrogen-bond acceptors (Lipinski definition) is 4. The number of aromatic nitrogens is 1. The lowest BCUT2D eigenvalue weighted by molar-refractivity contribution is 0.170. The first-order chi connectivity index (χ1) is 10.2. The zero-order valence-corrected chi connectivity index (χ0v) is 13.1. The molecule has 4 nitrogen and oxygen atoms in total. The molecule has 0 saturated carbocycles. The number of pyridine rings is 1. The summed E-state index contributed by atoms with van der Waals surface area (Å²) in [6, 6.07) is 10.7. The van der Waals surface area contributed by atoms with Crippen LogP contribution in [0.2, 0.25) is 0 Å². The largest absolute Gasteiger partial charge is 0.478 e. The number of rotatable bonds is 8. The summed E-state index contributed by atoms with van der Waals surface area (Å²) in [5.41, 5.74) is 2.19. The van der Waals surface area contributed by atoms with Gasteiger partial charge in [-0.15, -0.1) is 0 Å². The molecule has 0 fully saturated rings. The minimum Gasteiger partial charge on any atom is -0.478 e. The van der Waals surface area contributed by atoms with Crippen molar-refractivity contribution in [3.63, 3.8) is 0 Å². The number of ether oxygens (including phenoxy) is 2. The molecular formula is C17H24N2O2. The van der Waals surface area contributed by atoms with Gasteiger partial charge >= 0.3 is 0 Å². The minimum absolute atomic E-state index is 0.447. The summed E-state index contributed by atoms with van der Waals surface area (Å²) in [4.78, 5) is 4.57. The van der Waals surface area contributed by atoms with Crippen molar-refractivity contribution < 1.29 is 9.47 Å². The highest BCUT2D eigenvalue weighted by Gasteiger charge is 2.07. The molecule has 1 N–H and O–H groups in total. The van der Waals surface area contributed by atoms with E-state index in [1.54, 1.807) is 7.11 Å². The first-order valence-electron chi connectivity index (χ1n) is 7.44. The Labute approximate surface area is 126 Å². The van der Waals surface area contributed by atoms with Crippen LogP contribution in [-0.2, 0) is 11.3 Å². The lowest BCUT2D eigenvalue weighted by Gasteiger charge is -2.13. The molecular weight excluding hydrogens is 264 g/mol. The summed E-state index contributed by atoms with van der Waals surface area (Å²) in [5, 5.41) is 4.63. The van der Waals surface area contributed by atoms with E-state index < -0.39 is 0 Å². The van der Waals surface area contributed by atoms with Gasteiger partial charge in [-0.2, -0.15) is 0 Å². The Bertz CT molecular complexity index is 570. The number of methoxy groups -OCH3 is 1. The molecule has 0 spiro atoms. The van der Waals surface area contributed by atoms with Gasteiger partial charge in [0.1, 0.15) is 0 Å². The third-order valence-corrected chi connectivity index (χ3v) is 3.22. The van der Waals surface area contributed by atoms with E-state index in [1.807, 2.05) is 24.3 Å². The van der Waals surface area contributed by atoms with Crippen molar-refractivity contribution in [2.75, 3.05) is 20.3 Å². The SMILES string of the molecule is COCCCOc1cc(CNC(C)C)c2ccccc2n1. The molecule has 0 atom stereocenters. The molecule has 21 heavy (non-hydrogen) atoms. The zero-order chi connectivity index (χ0) is 15.1. The molecule has 114 valence electrons. The van der Waals surface area contributed by atoms with E-state index in [4.69, 9.17) is 9.47 Å². The molecule has 0 aliphatic heterocycles. The Morgan fingerprint density at radius 2 is 2.00 bits per heavy atom. The van der Waals surface area contributed by atoms with E-state index in [2.05, 4.69) is 30.2 Å². The molecule has 4 heteroatoms. The van der Waals surface area contributed by atoms with Crippen molar-refractivity contribution in [3.05, 3.63) is 35.9 Å². The predicted molar refractivity (Wildman–Crippen MR) is 85.7 cm³/mol. The molecule has 0 bridgehead atoms. The van der Waals surface area contributed by atoms with Crippen molar-refractivity contribution in [2.45, 2.75) is 32.9 Å². The standard InChI is InChI=1S/C17H24N2O2/c1-13(2)18-12-14-11-17(21-10-6-9-20-3)19-16-8-5-4-7-15(14)16/h4-5,7-8,11,13,18H,6,9-10,12H2,1-3H3. The number of benzene rings is 1. The van der Waals surface area contributed by atoms with Crippen molar-refractivity contribution in [1.29, 1.82) is 0 Å². The summed E-state index contributed by atoms with van der Waals surface area (Å²) < 4.78 is 10.8. The first kappa shape index (κ1) is 15.7. The first-order valence-corrected chi connectivity index (χ1v) is 7.44. The summed E-state index contributed by atoms with van der Waals surface area (Å²) >= 11 is 0. The van der Waals surface area contributed by atoms with Gasteiger partial charge in [-0.1, -0.05) is 32.0 Å². The van der Waals surface area contributed by atoms with Crippen LogP contribution in [0.5, 0.6) is 5.88 Å². The monoisotopic (exact) mass is 288 g/mol. The molecule has 0 saturated heterocycles. The number of hydrogen-bond donors (Lipinski definition) is 1. The molecule has 2 aromatic rings. The van der Waals surface area contributed by atoms with Crippen molar-refractivity contribution in [3.8, 4) is 5.88 Å². The van der Waals surface area contributed by atoms with Gasteiger partial charge in [0.25, 0.3) is 0 Å². The molecule has 0 aliphatic carbocycles. The molecule has 2 rings (SSSR count). The topological polar surface area (TPSA) is 43.4 Å². The van der Waals surface area contributed by atoms with E-state index in [9.17, 15) is 0 Å². The summed E-state index contributed by atoms with van der Waals surface area (Å²) in [6.07, 6.45) is 0.866. The van der Waals surface area contributed by atoms with E-state index >= 15 is 0 Å². The van der Waals surface area contributed by atoms with Crippen LogP contribution in [0.25, 0.3) is 10.9 Å². The summed E-state index contributed by atoms with van der Waals surface area (Å²) in [7, 11) is 1.70. The fraction of sp³-hybridized carbons (Fsp3) is 0.471. The Kier molecular flexibility index (Phi) is 5.96. The second-order valence-electron chi connectivity index (χ2n) is 5.37. The Morgan fingerprint density at radius 1 is 1.19 bits per heavy atom. The van der Waals surface area contributed by atoms with Crippen LogP contribution >= 0.6 is 0 Å². The quantitative estimate of drug-likeness (QED) is 0.758. The van der Waals surface area contributed by atoms with Crippen LogP contribution in [0.3, 0.4) is 0 Å². The second kappa shape index (κ2) is 7.96. The maximum Gasteiger partial charge on any atom is 0.214 e. The molecule has 1 aromatic carbocycles. The zero-order valence-electron chi connectivity index (χ0n) is 13.1. The third-order valence-electron chi connectivity index (χ3n) is 3.22. The van der Waals surface area contributed by atoms with Gasteiger partial charge < -0.3 is 14.8 Å². The van der Waals surface area contributed by atoms with Gasteiger partial charge in [0.2, 0.25) is 5.88 Å². The maximum absolute atomic E-state index is 5.74. The van der Waals surface area contributed by atoms with Crippen molar-refractivity contribution in [2.24, 2.45) is 0 Å². The van der Waals surface area contributed by atoms with E-state index in [0.29, 0.717) is 25.1 Å². The lowest BCUT2D eigenvalue weighted by Crippen LogP contribution is -2.22. The van der Waals surface area contributed by atoms with E-state index in [0.717, 1.165) is 18.5 Å². The average molecular weight is 288 g/mol.